The summed E-state index contributed by atoms with van der Waals surface area (Å²) < 4.78 is 30.7. The number of cyclic esters (lactones) is 1. The Balaban J connectivity index is 1.99. The van der Waals surface area contributed by atoms with Crippen molar-refractivity contribution >= 4 is 33.6 Å². The zero-order chi connectivity index (χ0) is 14.8. The molecule has 0 radical (unpaired) electrons. The highest BCUT2D eigenvalue weighted by Crippen LogP contribution is 2.19. The molecule has 20 heavy (non-hydrogen) atoms. The number of amides is 2. The number of halogens is 1. The Morgan fingerprint density at radius 1 is 1.30 bits per heavy atom. The molecular weight excluding hydrogens is 308 g/mol. The van der Waals surface area contributed by atoms with E-state index in [-0.39, 0.29) is 29.6 Å². The number of nitrogens with one attached hydrogen (secondary N) is 1. The van der Waals surface area contributed by atoms with E-state index in [0.717, 1.165) is 4.90 Å². The first-order chi connectivity index (χ1) is 9.42. The van der Waals surface area contributed by atoms with E-state index in [0.29, 0.717) is 0 Å². The number of carbonyl (C=O) groups excluding carboxylic acids is 2. The zero-order valence-corrected chi connectivity index (χ0v) is 11.8. The Labute approximate surface area is 120 Å². The minimum atomic E-state index is -3.79. The van der Waals surface area contributed by atoms with Crippen LogP contribution in [0.2, 0.25) is 5.02 Å². The number of carbonyl (C=O) groups is 2. The molecule has 1 N–H and O–H groups in total. The molecule has 7 nitrogen and oxygen atoms in total. The lowest BCUT2D eigenvalue weighted by Crippen LogP contribution is -2.37. The Bertz CT molecular complexity index is 630. The predicted molar refractivity (Wildman–Crippen MR) is 69.7 cm³/mol. The zero-order valence-electron chi connectivity index (χ0n) is 10.2. The van der Waals surface area contributed by atoms with Crippen molar-refractivity contribution in [2.75, 3.05) is 19.7 Å². The molecule has 1 fully saturated rings. The van der Waals surface area contributed by atoms with Gasteiger partial charge in [-0.25, -0.2) is 22.8 Å². The van der Waals surface area contributed by atoms with E-state index < -0.39 is 22.0 Å². The summed E-state index contributed by atoms with van der Waals surface area (Å²) in [5.74, 6) is -0.494. The summed E-state index contributed by atoms with van der Waals surface area (Å²) in [6.45, 7) is -0.522. The van der Waals surface area contributed by atoms with Gasteiger partial charge >= 0.3 is 6.09 Å². The van der Waals surface area contributed by atoms with E-state index in [1.807, 2.05) is 0 Å². The van der Waals surface area contributed by atoms with E-state index in [2.05, 4.69) is 9.46 Å². The summed E-state index contributed by atoms with van der Waals surface area (Å²) in [5.41, 5.74) is 0. The van der Waals surface area contributed by atoms with Crippen molar-refractivity contribution in [3.63, 3.8) is 0 Å². The second-order valence-electron chi connectivity index (χ2n) is 3.93. The molecule has 9 heteroatoms. The van der Waals surface area contributed by atoms with Crippen LogP contribution in [-0.2, 0) is 19.6 Å². The van der Waals surface area contributed by atoms with Gasteiger partial charge in [-0.3, -0.25) is 4.79 Å². The summed E-state index contributed by atoms with van der Waals surface area (Å²) in [6.07, 6.45) is -0.771. The van der Waals surface area contributed by atoms with Crippen LogP contribution in [0.25, 0.3) is 0 Å². The molecule has 2 rings (SSSR count). The van der Waals surface area contributed by atoms with Crippen molar-refractivity contribution in [1.82, 2.24) is 9.62 Å². The maximum Gasteiger partial charge on any atom is 0.417 e. The Morgan fingerprint density at radius 3 is 2.60 bits per heavy atom. The van der Waals surface area contributed by atoms with Crippen LogP contribution in [-0.4, -0.2) is 45.0 Å². The highest BCUT2D eigenvalue weighted by molar-refractivity contribution is 7.89. The highest BCUT2D eigenvalue weighted by Gasteiger charge is 2.30. The Hall–Kier alpha value is -1.64. The lowest BCUT2D eigenvalue weighted by molar-refractivity contribution is -0.125. The lowest BCUT2D eigenvalue weighted by Gasteiger charge is -2.12. The first-order valence-electron chi connectivity index (χ1n) is 5.63. The minimum Gasteiger partial charge on any atom is -0.439 e. The summed E-state index contributed by atoms with van der Waals surface area (Å²) in [4.78, 5) is 23.2. The quantitative estimate of drug-likeness (QED) is 0.858. The Morgan fingerprint density at radius 2 is 2.00 bits per heavy atom. The summed E-state index contributed by atoms with van der Waals surface area (Å²) in [7, 11) is -3.79. The van der Waals surface area contributed by atoms with Crippen LogP contribution in [0.3, 0.4) is 0 Å². The van der Waals surface area contributed by atoms with E-state index >= 15 is 0 Å². The predicted octanol–water partition coefficient (Wildman–Crippen LogP) is 0.597. The van der Waals surface area contributed by atoms with Crippen LogP contribution >= 0.6 is 11.6 Å². The number of imide groups is 1. The molecule has 1 aromatic carbocycles. The fourth-order valence-electron chi connectivity index (χ4n) is 1.63. The van der Waals surface area contributed by atoms with E-state index in [1.165, 1.54) is 12.1 Å². The third-order valence-electron chi connectivity index (χ3n) is 2.59. The van der Waals surface area contributed by atoms with Gasteiger partial charge in [-0.15, -0.1) is 0 Å². The standard InChI is InChI=1S/C11H11ClN2O5S/c12-8-3-1-2-4-9(8)20(17,18)13-5-6-14-10(15)7-19-11(14)16/h1-4,13H,5-7H2. The largest absolute Gasteiger partial charge is 0.439 e. The minimum absolute atomic E-state index is 0.0583. The second-order valence-corrected chi connectivity index (χ2v) is 6.07. The highest BCUT2D eigenvalue weighted by atomic mass is 35.5. The van der Waals surface area contributed by atoms with Crippen LogP contribution in [0.1, 0.15) is 0 Å². The summed E-state index contributed by atoms with van der Waals surface area (Å²) in [6, 6.07) is 5.97. The number of nitrogens with zero attached hydrogens (tertiary/aromatic N) is 1. The van der Waals surface area contributed by atoms with Gasteiger partial charge < -0.3 is 4.74 Å². The molecule has 0 atom stereocenters. The molecule has 0 unspecified atom stereocenters. The van der Waals surface area contributed by atoms with Gasteiger partial charge in [0.1, 0.15) is 4.90 Å². The van der Waals surface area contributed by atoms with Crippen LogP contribution in [0, 0.1) is 0 Å². The number of hydrogen-bond donors (Lipinski definition) is 1. The Kier molecular flexibility index (Phi) is 4.26. The van der Waals surface area contributed by atoms with Crippen molar-refractivity contribution in [1.29, 1.82) is 0 Å². The van der Waals surface area contributed by atoms with Gasteiger partial charge in [0.15, 0.2) is 6.61 Å². The van der Waals surface area contributed by atoms with Gasteiger partial charge in [-0.1, -0.05) is 23.7 Å². The molecule has 2 amide bonds. The normalized spacial score (nSPS) is 15.6. The fourth-order valence-corrected chi connectivity index (χ4v) is 3.17. The average molecular weight is 319 g/mol. The van der Waals surface area contributed by atoms with Crippen molar-refractivity contribution in [2.24, 2.45) is 0 Å². The molecule has 0 saturated carbocycles. The molecular formula is C11H11ClN2O5S. The van der Waals surface area contributed by atoms with Gasteiger partial charge in [0, 0.05) is 13.1 Å². The topological polar surface area (TPSA) is 92.8 Å². The van der Waals surface area contributed by atoms with E-state index in [4.69, 9.17) is 11.6 Å². The summed E-state index contributed by atoms with van der Waals surface area (Å²) >= 11 is 5.80. The maximum absolute atomic E-state index is 12.0. The third-order valence-corrected chi connectivity index (χ3v) is 4.56. The third kappa shape index (κ3) is 3.09. The first kappa shape index (κ1) is 14.8. The van der Waals surface area contributed by atoms with E-state index in [1.54, 1.807) is 12.1 Å². The SMILES string of the molecule is O=C1COC(=O)N1CCNS(=O)(=O)c1ccccc1Cl. The molecule has 1 aromatic rings. The van der Waals surface area contributed by atoms with Crippen molar-refractivity contribution in [2.45, 2.75) is 4.90 Å². The molecule has 0 bridgehead atoms. The van der Waals surface area contributed by atoms with Crippen LogP contribution in [0.15, 0.2) is 29.2 Å². The van der Waals surface area contributed by atoms with Gasteiger partial charge in [0.05, 0.1) is 5.02 Å². The lowest BCUT2D eigenvalue weighted by atomic mass is 10.4. The summed E-state index contributed by atoms with van der Waals surface area (Å²) in [5, 5.41) is 0.0941. The average Bonchev–Trinajstić information content (AvgIpc) is 2.70. The number of rotatable bonds is 5. The molecule has 0 aliphatic carbocycles. The van der Waals surface area contributed by atoms with Crippen LogP contribution in [0.5, 0.6) is 0 Å². The molecule has 1 aliphatic rings. The molecule has 0 aromatic heterocycles. The first-order valence-corrected chi connectivity index (χ1v) is 7.49. The number of ether oxygens (including phenoxy) is 1. The fraction of sp³-hybridized carbons (Fsp3) is 0.273. The molecule has 1 aliphatic heterocycles. The van der Waals surface area contributed by atoms with Crippen LogP contribution < -0.4 is 4.72 Å². The van der Waals surface area contributed by atoms with Crippen molar-refractivity contribution in [3.8, 4) is 0 Å². The number of benzene rings is 1. The molecule has 1 saturated heterocycles. The van der Waals surface area contributed by atoms with Gasteiger partial charge in [0.25, 0.3) is 5.91 Å². The molecule has 0 spiro atoms. The van der Waals surface area contributed by atoms with Gasteiger partial charge in [-0.05, 0) is 12.1 Å². The smallest absolute Gasteiger partial charge is 0.417 e. The second kappa shape index (κ2) is 5.78. The monoisotopic (exact) mass is 318 g/mol. The van der Waals surface area contributed by atoms with Gasteiger partial charge in [-0.2, -0.15) is 0 Å². The van der Waals surface area contributed by atoms with E-state index in [9.17, 15) is 18.0 Å². The molecule has 108 valence electrons. The van der Waals surface area contributed by atoms with Gasteiger partial charge in [0.2, 0.25) is 10.0 Å². The van der Waals surface area contributed by atoms with Crippen LogP contribution in [0.4, 0.5) is 4.79 Å². The maximum atomic E-state index is 12.0. The number of sulfonamides is 1. The van der Waals surface area contributed by atoms with Crippen molar-refractivity contribution in [3.05, 3.63) is 29.3 Å². The molecule has 1 heterocycles. The number of hydrogen-bond acceptors (Lipinski definition) is 5. The van der Waals surface area contributed by atoms with Crippen molar-refractivity contribution < 1.29 is 22.7 Å².